The van der Waals surface area contributed by atoms with E-state index in [0.717, 1.165) is 58.0 Å². The van der Waals surface area contributed by atoms with Crippen LogP contribution in [0.1, 0.15) is 231 Å². The number of nitrogens with zero attached hydrogens (tertiary/aromatic N) is 5. The summed E-state index contributed by atoms with van der Waals surface area (Å²) < 4.78 is 0. The zero-order chi connectivity index (χ0) is 89.3. The van der Waals surface area contributed by atoms with Gasteiger partial charge in [0, 0.05) is 151 Å². The molecular weight excluding hydrogens is 2010 g/mol. The van der Waals surface area contributed by atoms with Crippen LogP contribution in [0.4, 0.5) is 56.9 Å². The predicted molar refractivity (Wildman–Crippen MR) is 583 cm³/mol. The first-order valence-corrected chi connectivity index (χ1v) is 65.1. The van der Waals surface area contributed by atoms with E-state index in [2.05, 4.69) is 384 Å². The van der Waals surface area contributed by atoms with E-state index in [1.807, 2.05) is 0 Å². The maximum absolute atomic E-state index is 4.93. The molecule has 9 unspecified atom stereocenters. The van der Waals surface area contributed by atoms with Gasteiger partial charge in [0.05, 0.1) is 0 Å². The molecule has 5 nitrogen and oxygen atoms in total. The molecule has 9 atom stereocenters. The van der Waals surface area contributed by atoms with E-state index in [1.165, 1.54) is 222 Å². The summed E-state index contributed by atoms with van der Waals surface area (Å²) in [6.45, 7) is 23.4. The third kappa shape index (κ3) is 21.1. The molecule has 0 saturated carbocycles. The van der Waals surface area contributed by atoms with Crippen molar-refractivity contribution in [3.05, 3.63) is 433 Å². The fraction of sp³-hybridized carbons (Fsp3) is 0.256. The van der Waals surface area contributed by atoms with Gasteiger partial charge in [-0.1, -0.05) is 270 Å². The van der Waals surface area contributed by atoms with Crippen molar-refractivity contribution in [2.24, 2.45) is 0 Å². The van der Waals surface area contributed by atoms with Crippen LogP contribution in [0.25, 0.3) is 47.6 Å². The van der Waals surface area contributed by atoms with Crippen LogP contribution >= 0.6 is 51.1 Å². The van der Waals surface area contributed by atoms with Crippen molar-refractivity contribution < 1.29 is 62.5 Å². The third-order valence-corrected chi connectivity index (χ3v) is 29.6. The van der Waals surface area contributed by atoms with E-state index in [4.69, 9.17) is 51.1 Å². The van der Waals surface area contributed by atoms with Gasteiger partial charge in [-0.15, -0.1) is 0 Å². The van der Waals surface area contributed by atoms with Crippen molar-refractivity contribution in [3.63, 3.8) is 0 Å². The Hall–Kier alpha value is -7.53. The number of rotatable bonds is 12. The van der Waals surface area contributed by atoms with Gasteiger partial charge in [0.25, 0.3) is 0 Å². The van der Waals surface area contributed by atoms with Crippen LogP contribution in [0.3, 0.4) is 0 Å². The fourth-order valence-electron chi connectivity index (χ4n) is 23.6. The normalized spacial score (nSPS) is 19.7. The monoisotopic (exact) mass is 2130 g/mol. The molecule has 0 aromatic heterocycles. The van der Waals surface area contributed by atoms with Gasteiger partial charge in [0.15, 0.2) is 0 Å². The summed E-state index contributed by atoms with van der Waals surface area (Å²) >= 11 is -2.48. The number of hydrogen-bond acceptors (Lipinski definition) is 5. The molecule has 0 bridgehead atoms. The van der Waals surface area contributed by atoms with E-state index in [9.17, 15) is 0 Å². The van der Waals surface area contributed by atoms with E-state index in [1.54, 1.807) is 0 Å². The Morgan fingerprint density at radius 2 is 0.511 bits per heavy atom. The van der Waals surface area contributed by atoms with Crippen molar-refractivity contribution in [3.8, 4) is 11.1 Å². The van der Waals surface area contributed by atoms with E-state index >= 15 is 0 Å². The van der Waals surface area contributed by atoms with Crippen LogP contribution in [-0.4, -0.2) is 31.2 Å². The molecule has 0 fully saturated rings. The van der Waals surface area contributed by atoms with Gasteiger partial charge in [-0.25, -0.2) is 0 Å². The number of fused-ring (bicyclic) bond motifs is 11. The van der Waals surface area contributed by atoms with Gasteiger partial charge in [0.2, 0.25) is 0 Å². The second-order valence-corrected chi connectivity index (χ2v) is 48.1. The molecule has 692 valence electrons. The summed E-state index contributed by atoms with van der Waals surface area (Å²) in [5.74, 6) is 2.67. The second-order valence-electron chi connectivity index (χ2n) is 36.9. The Morgan fingerprint density at radius 3 is 0.881 bits per heavy atom. The SMILES string of the molecule is CC1=Cc2c(-c3ccccc3)cccc2C1CC1C(C)=Cc2c1cccc2N1CCc2ccccc21.CC1=Cc2c(cccc2N2CCCc3ccccc32)C1CC1C(C)=Cc2c1cccc2N1c2ccccc2CCC1C.CC1=Cc2c(cccc2N2c3ccccc3CCC2C)C1CC1C(C)=Cc2c1cccc2N1c2ccccc2CC1C.[CH3-].[CH3-].[CH3-].[CH3-].[CH3-].[CH3-].[Cl][Zr+2][Cl].[Cl][Zr+2][Cl].[Cl][Zr+2][Cl]. The van der Waals surface area contributed by atoms with Crippen LogP contribution in [0.15, 0.2) is 294 Å². The first-order valence-electron chi connectivity index (χ1n) is 46.1. The second kappa shape index (κ2) is 47.6. The molecular formula is C121H129Cl6N5Zr3. The summed E-state index contributed by atoms with van der Waals surface area (Å²) in [6, 6.07) is 99.1. The molecule has 12 aromatic rings. The van der Waals surface area contributed by atoms with Crippen LogP contribution in [0, 0.1) is 44.6 Å². The molecule has 23 rings (SSSR count). The van der Waals surface area contributed by atoms with Crippen LogP contribution in [0.5, 0.6) is 0 Å². The molecule has 0 saturated heterocycles. The molecule has 5 aliphatic heterocycles. The molecule has 0 amide bonds. The first-order chi connectivity index (χ1) is 63.0. The number of para-hydroxylation sites is 5. The summed E-state index contributed by atoms with van der Waals surface area (Å²) in [6.07, 6.45) is 27.6. The molecule has 12 aromatic carbocycles. The molecule has 14 heteroatoms. The summed E-state index contributed by atoms with van der Waals surface area (Å²) in [4.78, 5) is 12.9. The Labute approximate surface area is 866 Å². The van der Waals surface area contributed by atoms with Gasteiger partial charge in [-0.2, -0.15) is 0 Å². The van der Waals surface area contributed by atoms with Crippen LogP contribution in [0.2, 0.25) is 0 Å². The van der Waals surface area contributed by atoms with Gasteiger partial charge in [-0.3, -0.25) is 0 Å². The van der Waals surface area contributed by atoms with Gasteiger partial charge in [-0.05, 0) is 271 Å². The van der Waals surface area contributed by atoms with Gasteiger partial charge in [0.1, 0.15) is 0 Å². The molecule has 0 N–H and O–H groups in total. The van der Waals surface area contributed by atoms with Crippen molar-refractivity contribution in [2.45, 2.75) is 187 Å². The number of allylic oxidation sites excluding steroid dienone is 6. The van der Waals surface area contributed by atoms with Gasteiger partial charge >= 0.3 is 114 Å². The van der Waals surface area contributed by atoms with Crippen molar-refractivity contribution in [1.29, 1.82) is 0 Å². The van der Waals surface area contributed by atoms with Crippen LogP contribution in [-0.2, 0) is 94.6 Å². The zero-order valence-electron chi connectivity index (χ0n) is 81.2. The molecule has 5 heterocycles. The Kier molecular flexibility index (Phi) is 37.5. The average molecular weight is 2140 g/mol. The van der Waals surface area contributed by atoms with Crippen molar-refractivity contribution in [2.75, 3.05) is 37.6 Å². The quantitative estimate of drug-likeness (QED) is 0.113. The van der Waals surface area contributed by atoms with E-state index < -0.39 is 62.5 Å². The first kappa shape index (κ1) is 106. The van der Waals surface area contributed by atoms with Crippen LogP contribution < -0.4 is 24.5 Å². The number of anilines is 10. The molecule has 0 spiro atoms. The number of aryl methyl sites for hydroxylation is 3. The third-order valence-electron chi connectivity index (χ3n) is 29.6. The molecule has 135 heavy (non-hydrogen) atoms. The minimum absolute atomic E-state index is 0. The van der Waals surface area contributed by atoms with Crippen molar-refractivity contribution >= 4 is 144 Å². The summed E-state index contributed by atoms with van der Waals surface area (Å²) in [5, 5.41) is 0. The molecule has 11 aliphatic rings. The van der Waals surface area contributed by atoms with E-state index in [-0.39, 0.29) is 44.6 Å². The minimum atomic E-state index is -0.826. The maximum atomic E-state index is 4.93. The fourth-order valence-corrected chi connectivity index (χ4v) is 23.6. The predicted octanol–water partition coefficient (Wildman–Crippen LogP) is 36.6. The Bertz CT molecular complexity index is 6380. The number of benzene rings is 12. The summed E-state index contributed by atoms with van der Waals surface area (Å²) in [5.41, 5.74) is 50.2. The number of halogens is 6. The standard InChI is InChI=1S/2C40H40N2.C35H31N.6CH3.6ClH.3Zr/c1-25-21-35-31(13-9-17-39(35)41-27(3)19-20-29-11-5-7-15-37(29)41)33(25)24-34-26(2)22-36-32(34)14-10-18-40(36)42-28(4)23-30-12-6-8-16-38(30)42;1-26-23-35-31(14-8-18-39(35)41-22-10-13-29-11-4-6-16-37(29)41)33(26)25-34-27(2)24-36-32(34)15-9-19-40(36)42-28(3)20-21-30-12-5-7-17-38(30)42;1-23-20-32-27(25-10-4-3-5-11-25)13-8-14-28(32)30(23)22-31-24(2)21-33-29(31)15-9-17-35(33)36-19-18-26-12-6-7-16-34(26)36;;;;;;;;;;;;;;;/h5-18,21-22,27-28,33-34H,19-20,23-24H2,1-4H3;4-9,11-12,14-19,23-24,28,33-34H,10,13,20-22,25H2,1-3H3;3-17,20-21,30-31H,18-19,22H2,1-2H3;6*1H3;6*1H;;;/q;;;6*-1;;;;;;;3*+4/p-6. The Balaban J connectivity index is 0.000000171. The topological polar surface area (TPSA) is 16.2 Å². The number of hydrogen-bond donors (Lipinski definition) is 0. The molecule has 0 radical (unpaired) electrons. The average Bonchev–Trinajstić information content (AvgIpc) is 1.62. The van der Waals surface area contributed by atoms with Crippen molar-refractivity contribution in [1.82, 2.24) is 0 Å². The zero-order valence-corrected chi connectivity index (χ0v) is 93.1. The van der Waals surface area contributed by atoms with Gasteiger partial charge < -0.3 is 69.1 Å². The summed E-state index contributed by atoms with van der Waals surface area (Å²) in [7, 11) is 29.6. The molecule has 6 aliphatic carbocycles. The van der Waals surface area contributed by atoms with E-state index in [0.29, 0.717) is 53.6 Å². The Morgan fingerprint density at radius 1 is 0.252 bits per heavy atom.